The summed E-state index contributed by atoms with van der Waals surface area (Å²) >= 11 is 0. The Morgan fingerprint density at radius 2 is 1.66 bits per heavy atom. The van der Waals surface area contributed by atoms with Gasteiger partial charge in [-0.25, -0.2) is 4.98 Å². The molecule has 0 bridgehead atoms. The topological polar surface area (TPSA) is 61.0 Å². The highest BCUT2D eigenvalue weighted by Crippen LogP contribution is 2.49. The molecule has 4 aromatic rings. The van der Waals surface area contributed by atoms with Gasteiger partial charge in [0.15, 0.2) is 0 Å². The molecule has 2 unspecified atom stereocenters. The zero-order valence-corrected chi connectivity index (χ0v) is 15.9. The Hall–Kier alpha value is -3.73. The van der Waals surface area contributed by atoms with Gasteiger partial charge in [0.1, 0.15) is 5.82 Å². The van der Waals surface area contributed by atoms with Crippen molar-refractivity contribution in [2.24, 2.45) is 0 Å². The van der Waals surface area contributed by atoms with Gasteiger partial charge in [0, 0.05) is 23.7 Å². The standard InChI is InChI=1S/C24H19N3O2/c1-24(17-9-3-2-4-10-17)19(18-11-5-7-13-21(18)27(28)29)15-16-26-22-14-8-6-12-20(22)25-23(24)26/h2-16,19H,1H3. The maximum absolute atomic E-state index is 11.8. The number of imidazole rings is 1. The van der Waals surface area contributed by atoms with Crippen molar-refractivity contribution in [3.63, 3.8) is 0 Å². The Bertz CT molecular complexity index is 1260. The van der Waals surface area contributed by atoms with E-state index in [1.807, 2.05) is 60.8 Å². The molecule has 1 aliphatic heterocycles. The zero-order valence-electron chi connectivity index (χ0n) is 15.9. The van der Waals surface area contributed by atoms with E-state index < -0.39 is 5.41 Å². The van der Waals surface area contributed by atoms with Crippen molar-refractivity contribution in [3.8, 4) is 0 Å². The van der Waals surface area contributed by atoms with Crippen molar-refractivity contribution in [1.82, 2.24) is 9.55 Å². The minimum absolute atomic E-state index is 0.133. The van der Waals surface area contributed by atoms with Crippen LogP contribution in [0.3, 0.4) is 0 Å². The largest absolute Gasteiger partial charge is 0.303 e. The molecule has 2 atom stereocenters. The minimum atomic E-state index is -0.568. The fourth-order valence-corrected chi connectivity index (χ4v) is 4.49. The fraction of sp³-hybridized carbons (Fsp3) is 0.125. The second-order valence-corrected chi connectivity index (χ2v) is 7.50. The van der Waals surface area contributed by atoms with Crippen molar-refractivity contribution in [1.29, 1.82) is 0 Å². The molecule has 0 spiro atoms. The van der Waals surface area contributed by atoms with Crippen LogP contribution in [0.1, 0.15) is 29.8 Å². The molecule has 29 heavy (non-hydrogen) atoms. The van der Waals surface area contributed by atoms with E-state index in [-0.39, 0.29) is 16.5 Å². The van der Waals surface area contributed by atoms with Crippen molar-refractivity contribution in [2.45, 2.75) is 18.3 Å². The van der Waals surface area contributed by atoms with Gasteiger partial charge in [-0.2, -0.15) is 0 Å². The average molecular weight is 381 g/mol. The van der Waals surface area contributed by atoms with Crippen LogP contribution >= 0.6 is 0 Å². The minimum Gasteiger partial charge on any atom is -0.303 e. The number of hydrogen-bond donors (Lipinski definition) is 0. The monoisotopic (exact) mass is 381 g/mol. The SMILES string of the molecule is CC1(c2ccccc2)c2nc3ccccc3n2C=CC1c1ccccc1[N+](=O)[O-]. The molecule has 0 radical (unpaired) electrons. The quantitative estimate of drug-likeness (QED) is 0.347. The van der Waals surface area contributed by atoms with E-state index in [0.717, 1.165) is 22.4 Å². The van der Waals surface area contributed by atoms with Crippen molar-refractivity contribution in [3.05, 3.63) is 112 Å². The Balaban J connectivity index is 1.83. The summed E-state index contributed by atoms with van der Waals surface area (Å²) in [6.07, 6.45) is 4.06. The summed E-state index contributed by atoms with van der Waals surface area (Å²) in [5.74, 6) is 0.659. The second-order valence-electron chi connectivity index (χ2n) is 7.50. The van der Waals surface area contributed by atoms with E-state index in [0.29, 0.717) is 5.56 Å². The van der Waals surface area contributed by atoms with Crippen LogP contribution in [0.2, 0.25) is 0 Å². The number of hydrogen-bond acceptors (Lipinski definition) is 3. The van der Waals surface area contributed by atoms with Gasteiger partial charge in [0.2, 0.25) is 0 Å². The molecule has 0 saturated carbocycles. The normalized spacial score (nSPS) is 20.5. The molecule has 0 N–H and O–H groups in total. The zero-order chi connectivity index (χ0) is 20.0. The van der Waals surface area contributed by atoms with Crippen LogP contribution in [0.5, 0.6) is 0 Å². The van der Waals surface area contributed by atoms with Gasteiger partial charge in [-0.1, -0.05) is 66.7 Å². The summed E-state index contributed by atoms with van der Waals surface area (Å²) in [6.45, 7) is 2.13. The number of para-hydroxylation sites is 3. The van der Waals surface area contributed by atoms with Gasteiger partial charge in [0.05, 0.1) is 21.4 Å². The first kappa shape index (κ1) is 17.4. The summed E-state index contributed by atoms with van der Waals surface area (Å²) in [6, 6.07) is 25.2. The van der Waals surface area contributed by atoms with Gasteiger partial charge in [0.25, 0.3) is 5.69 Å². The lowest BCUT2D eigenvalue weighted by molar-refractivity contribution is -0.385. The molecule has 3 aromatic carbocycles. The van der Waals surface area contributed by atoms with Crippen LogP contribution in [-0.2, 0) is 5.41 Å². The number of rotatable bonds is 3. The van der Waals surface area contributed by atoms with Gasteiger partial charge in [-0.15, -0.1) is 0 Å². The van der Waals surface area contributed by atoms with Crippen molar-refractivity contribution >= 4 is 22.9 Å². The molecule has 0 saturated heterocycles. The first-order valence-electron chi connectivity index (χ1n) is 9.55. The van der Waals surface area contributed by atoms with Crippen LogP contribution in [0.15, 0.2) is 84.9 Å². The summed E-state index contributed by atoms with van der Waals surface area (Å²) in [5.41, 5.74) is 3.27. The molecule has 0 aliphatic carbocycles. The molecule has 2 heterocycles. The van der Waals surface area contributed by atoms with E-state index in [1.54, 1.807) is 12.1 Å². The van der Waals surface area contributed by atoms with Gasteiger partial charge in [-0.05, 0) is 24.6 Å². The predicted octanol–water partition coefficient (Wildman–Crippen LogP) is 5.52. The van der Waals surface area contributed by atoms with E-state index in [4.69, 9.17) is 4.98 Å². The maximum atomic E-state index is 11.8. The van der Waals surface area contributed by atoms with Crippen LogP contribution in [0, 0.1) is 10.1 Å². The van der Waals surface area contributed by atoms with Crippen LogP contribution in [-0.4, -0.2) is 14.5 Å². The number of nitro groups is 1. The number of fused-ring (bicyclic) bond motifs is 3. The molecule has 1 aromatic heterocycles. The molecular weight excluding hydrogens is 362 g/mol. The lowest BCUT2D eigenvalue weighted by Gasteiger charge is -2.38. The highest BCUT2D eigenvalue weighted by atomic mass is 16.6. The fourth-order valence-electron chi connectivity index (χ4n) is 4.49. The average Bonchev–Trinajstić information content (AvgIpc) is 3.15. The highest BCUT2D eigenvalue weighted by molar-refractivity contribution is 5.80. The number of aromatic nitrogens is 2. The lowest BCUT2D eigenvalue weighted by Crippen LogP contribution is -2.36. The molecule has 5 nitrogen and oxygen atoms in total. The molecule has 0 amide bonds. The Morgan fingerprint density at radius 3 is 2.45 bits per heavy atom. The Morgan fingerprint density at radius 1 is 0.966 bits per heavy atom. The van der Waals surface area contributed by atoms with Crippen molar-refractivity contribution in [2.75, 3.05) is 0 Å². The molecule has 142 valence electrons. The first-order valence-corrected chi connectivity index (χ1v) is 9.55. The number of allylic oxidation sites excluding steroid dienone is 1. The van der Waals surface area contributed by atoms with E-state index in [2.05, 4.69) is 29.7 Å². The Labute approximate surface area is 168 Å². The van der Waals surface area contributed by atoms with E-state index in [1.165, 1.54) is 0 Å². The maximum Gasteiger partial charge on any atom is 0.273 e. The summed E-state index contributed by atoms with van der Waals surface area (Å²) < 4.78 is 2.10. The van der Waals surface area contributed by atoms with Gasteiger partial charge >= 0.3 is 0 Å². The van der Waals surface area contributed by atoms with Crippen LogP contribution in [0.25, 0.3) is 17.2 Å². The molecule has 5 heteroatoms. The third-order valence-corrected chi connectivity index (χ3v) is 5.95. The summed E-state index contributed by atoms with van der Waals surface area (Å²) in [4.78, 5) is 16.4. The third-order valence-electron chi connectivity index (χ3n) is 5.95. The van der Waals surface area contributed by atoms with Crippen molar-refractivity contribution < 1.29 is 4.92 Å². The van der Waals surface area contributed by atoms with E-state index in [9.17, 15) is 10.1 Å². The van der Waals surface area contributed by atoms with Crippen LogP contribution in [0.4, 0.5) is 5.69 Å². The number of nitro benzene ring substituents is 1. The molecule has 5 rings (SSSR count). The molecule has 0 fully saturated rings. The Kier molecular flexibility index (Phi) is 3.84. The first-order chi connectivity index (χ1) is 14.1. The predicted molar refractivity (Wildman–Crippen MR) is 114 cm³/mol. The molecular formula is C24H19N3O2. The van der Waals surface area contributed by atoms with Gasteiger partial charge in [-0.3, -0.25) is 10.1 Å². The second kappa shape index (κ2) is 6.41. The number of nitrogens with zero attached hydrogens (tertiary/aromatic N) is 3. The summed E-state index contributed by atoms with van der Waals surface area (Å²) in [5, 5.41) is 11.8. The number of benzene rings is 3. The smallest absolute Gasteiger partial charge is 0.273 e. The van der Waals surface area contributed by atoms with E-state index >= 15 is 0 Å². The lowest BCUT2D eigenvalue weighted by atomic mass is 9.67. The summed E-state index contributed by atoms with van der Waals surface area (Å²) in [7, 11) is 0. The third kappa shape index (κ3) is 2.51. The highest BCUT2D eigenvalue weighted by Gasteiger charge is 2.45. The molecule has 1 aliphatic rings. The van der Waals surface area contributed by atoms with Gasteiger partial charge < -0.3 is 4.57 Å². The van der Waals surface area contributed by atoms with Crippen LogP contribution < -0.4 is 0 Å².